The van der Waals surface area contributed by atoms with Gasteiger partial charge in [-0.1, -0.05) is 26.0 Å². The predicted octanol–water partition coefficient (Wildman–Crippen LogP) is 2.31. The molecule has 1 aromatic carbocycles. The maximum absolute atomic E-state index is 12.8. The van der Waals surface area contributed by atoms with E-state index in [4.69, 9.17) is 9.47 Å². The second-order valence-corrected chi connectivity index (χ2v) is 6.67. The molecule has 1 aliphatic rings. The molecule has 1 fully saturated rings. The van der Waals surface area contributed by atoms with Crippen LogP contribution < -0.4 is 9.47 Å². The Morgan fingerprint density at radius 3 is 2.48 bits per heavy atom. The highest BCUT2D eigenvalue weighted by molar-refractivity contribution is 5.94. The SMILES string of the molecule is CCN1CC(=O)N(Cc2cccc(OC)c2OC)[C@@H](CC(C)C)C1=O. The first kappa shape index (κ1) is 19.1. The fourth-order valence-corrected chi connectivity index (χ4v) is 3.25. The van der Waals surface area contributed by atoms with Crippen molar-refractivity contribution in [1.29, 1.82) is 0 Å². The van der Waals surface area contributed by atoms with Crippen molar-refractivity contribution in [3.05, 3.63) is 23.8 Å². The molecule has 2 amide bonds. The number of para-hydroxylation sites is 1. The van der Waals surface area contributed by atoms with E-state index in [1.165, 1.54) is 0 Å². The third-order valence-electron chi connectivity index (χ3n) is 4.52. The Kier molecular flexibility index (Phi) is 6.28. The standard InChI is InChI=1S/C19H28N2O4/c1-6-20-12-17(22)21(15(19(20)23)10-13(2)3)11-14-8-7-9-16(24-4)18(14)25-5/h7-9,13,15H,6,10-12H2,1-5H3/t15-/m0/s1. The van der Waals surface area contributed by atoms with Gasteiger partial charge in [0.2, 0.25) is 11.8 Å². The van der Waals surface area contributed by atoms with E-state index in [1.807, 2.05) is 25.1 Å². The van der Waals surface area contributed by atoms with Gasteiger partial charge in [0.1, 0.15) is 6.04 Å². The van der Waals surface area contributed by atoms with Crippen LogP contribution in [0.25, 0.3) is 0 Å². The number of nitrogens with zero attached hydrogens (tertiary/aromatic N) is 2. The van der Waals surface area contributed by atoms with Crippen LogP contribution >= 0.6 is 0 Å². The van der Waals surface area contributed by atoms with Crippen LogP contribution in [-0.4, -0.2) is 55.0 Å². The lowest BCUT2D eigenvalue weighted by Gasteiger charge is -2.41. The van der Waals surface area contributed by atoms with Crippen molar-refractivity contribution in [3.8, 4) is 11.5 Å². The van der Waals surface area contributed by atoms with E-state index in [0.29, 0.717) is 36.9 Å². The molecule has 0 N–H and O–H groups in total. The van der Waals surface area contributed by atoms with Gasteiger partial charge in [0.15, 0.2) is 11.5 Å². The minimum atomic E-state index is -0.433. The van der Waals surface area contributed by atoms with E-state index >= 15 is 0 Å². The molecule has 2 rings (SSSR count). The van der Waals surface area contributed by atoms with Gasteiger partial charge in [-0.2, -0.15) is 0 Å². The van der Waals surface area contributed by atoms with Crippen LogP contribution in [0.4, 0.5) is 0 Å². The van der Waals surface area contributed by atoms with Gasteiger partial charge in [-0.3, -0.25) is 9.59 Å². The number of rotatable bonds is 7. The van der Waals surface area contributed by atoms with E-state index in [-0.39, 0.29) is 18.4 Å². The normalized spacial score (nSPS) is 18.1. The summed E-state index contributed by atoms with van der Waals surface area (Å²) >= 11 is 0. The third kappa shape index (κ3) is 4.06. The minimum Gasteiger partial charge on any atom is -0.493 e. The summed E-state index contributed by atoms with van der Waals surface area (Å²) in [5.41, 5.74) is 0.835. The number of ether oxygens (including phenoxy) is 2. The lowest BCUT2D eigenvalue weighted by atomic mass is 9.98. The van der Waals surface area contributed by atoms with E-state index in [0.717, 1.165) is 5.56 Å². The van der Waals surface area contributed by atoms with Crippen molar-refractivity contribution in [3.63, 3.8) is 0 Å². The number of likely N-dealkylation sites (N-methyl/N-ethyl adjacent to an activating group) is 1. The molecule has 138 valence electrons. The summed E-state index contributed by atoms with van der Waals surface area (Å²) in [5, 5.41) is 0. The van der Waals surface area contributed by atoms with E-state index < -0.39 is 6.04 Å². The zero-order valence-corrected chi connectivity index (χ0v) is 15.7. The summed E-state index contributed by atoms with van der Waals surface area (Å²) in [5.74, 6) is 1.53. The molecule has 0 spiro atoms. The summed E-state index contributed by atoms with van der Waals surface area (Å²) in [6, 6.07) is 5.15. The number of benzene rings is 1. The summed E-state index contributed by atoms with van der Waals surface area (Å²) < 4.78 is 10.8. The fraction of sp³-hybridized carbons (Fsp3) is 0.579. The van der Waals surface area contributed by atoms with Gasteiger partial charge in [0, 0.05) is 12.1 Å². The number of carbonyl (C=O) groups excluding carboxylic acids is 2. The number of piperazine rings is 1. The van der Waals surface area contributed by atoms with Crippen LogP contribution in [0.5, 0.6) is 11.5 Å². The fourth-order valence-electron chi connectivity index (χ4n) is 3.25. The number of amides is 2. The van der Waals surface area contributed by atoms with E-state index in [9.17, 15) is 9.59 Å². The Hall–Kier alpha value is -2.24. The molecule has 0 aliphatic carbocycles. The molecule has 1 aliphatic heterocycles. The zero-order valence-electron chi connectivity index (χ0n) is 15.7. The molecule has 0 saturated carbocycles. The monoisotopic (exact) mass is 348 g/mol. The van der Waals surface area contributed by atoms with Crippen molar-refractivity contribution < 1.29 is 19.1 Å². The number of methoxy groups -OCH3 is 2. The molecule has 1 heterocycles. The highest BCUT2D eigenvalue weighted by atomic mass is 16.5. The summed E-state index contributed by atoms with van der Waals surface area (Å²) in [7, 11) is 3.16. The average Bonchev–Trinajstić information content (AvgIpc) is 2.60. The lowest BCUT2D eigenvalue weighted by molar-refractivity contribution is -0.157. The summed E-state index contributed by atoms with van der Waals surface area (Å²) in [6.45, 7) is 7.05. The van der Waals surface area contributed by atoms with Gasteiger partial charge in [0.25, 0.3) is 0 Å². The summed E-state index contributed by atoms with van der Waals surface area (Å²) in [4.78, 5) is 28.8. The topological polar surface area (TPSA) is 59.1 Å². The second kappa shape index (κ2) is 8.23. The third-order valence-corrected chi connectivity index (χ3v) is 4.52. The summed E-state index contributed by atoms with van der Waals surface area (Å²) in [6.07, 6.45) is 0.646. The Bertz CT molecular complexity index is 630. The van der Waals surface area contributed by atoms with Crippen LogP contribution in [0, 0.1) is 5.92 Å². The Labute approximate surface area is 149 Å². The van der Waals surface area contributed by atoms with Crippen LogP contribution in [0.2, 0.25) is 0 Å². The van der Waals surface area contributed by atoms with Gasteiger partial charge in [-0.25, -0.2) is 0 Å². The van der Waals surface area contributed by atoms with Gasteiger partial charge in [-0.15, -0.1) is 0 Å². The predicted molar refractivity (Wildman–Crippen MR) is 95.6 cm³/mol. The van der Waals surface area contributed by atoms with E-state index in [1.54, 1.807) is 24.0 Å². The first-order chi connectivity index (χ1) is 11.9. The molecular formula is C19H28N2O4. The van der Waals surface area contributed by atoms with Crippen molar-refractivity contribution in [2.24, 2.45) is 5.92 Å². The van der Waals surface area contributed by atoms with Crippen molar-refractivity contribution in [1.82, 2.24) is 9.80 Å². The van der Waals surface area contributed by atoms with Crippen LogP contribution in [0.1, 0.15) is 32.8 Å². The molecule has 25 heavy (non-hydrogen) atoms. The smallest absolute Gasteiger partial charge is 0.245 e. The van der Waals surface area contributed by atoms with Crippen LogP contribution in [0.15, 0.2) is 18.2 Å². The molecule has 0 radical (unpaired) electrons. The second-order valence-electron chi connectivity index (χ2n) is 6.67. The first-order valence-corrected chi connectivity index (χ1v) is 8.71. The van der Waals surface area contributed by atoms with Crippen molar-refractivity contribution in [2.45, 2.75) is 39.8 Å². The van der Waals surface area contributed by atoms with Crippen molar-refractivity contribution in [2.75, 3.05) is 27.3 Å². The quantitative estimate of drug-likeness (QED) is 0.759. The molecule has 0 bridgehead atoms. The molecule has 6 nitrogen and oxygen atoms in total. The maximum atomic E-state index is 12.8. The van der Waals surface area contributed by atoms with Crippen LogP contribution in [-0.2, 0) is 16.1 Å². The number of carbonyl (C=O) groups is 2. The molecule has 1 atom stereocenters. The zero-order chi connectivity index (χ0) is 18.6. The number of hydrogen-bond donors (Lipinski definition) is 0. The molecule has 1 aromatic rings. The molecule has 6 heteroatoms. The molecule has 0 aromatic heterocycles. The number of hydrogen-bond acceptors (Lipinski definition) is 4. The maximum Gasteiger partial charge on any atom is 0.245 e. The van der Waals surface area contributed by atoms with Gasteiger partial charge < -0.3 is 19.3 Å². The minimum absolute atomic E-state index is 0.0256. The first-order valence-electron chi connectivity index (χ1n) is 8.71. The molecule has 0 unspecified atom stereocenters. The Balaban J connectivity index is 2.35. The highest BCUT2D eigenvalue weighted by Gasteiger charge is 2.39. The van der Waals surface area contributed by atoms with Crippen molar-refractivity contribution >= 4 is 11.8 Å². The molecule has 1 saturated heterocycles. The lowest BCUT2D eigenvalue weighted by Crippen LogP contribution is -2.59. The van der Waals surface area contributed by atoms with Crippen LogP contribution in [0.3, 0.4) is 0 Å². The average molecular weight is 348 g/mol. The molecular weight excluding hydrogens is 320 g/mol. The van der Waals surface area contributed by atoms with Gasteiger partial charge in [-0.05, 0) is 25.3 Å². The van der Waals surface area contributed by atoms with Gasteiger partial charge in [0.05, 0.1) is 27.3 Å². The Morgan fingerprint density at radius 1 is 1.20 bits per heavy atom. The van der Waals surface area contributed by atoms with E-state index in [2.05, 4.69) is 13.8 Å². The Morgan fingerprint density at radius 2 is 1.92 bits per heavy atom. The highest BCUT2D eigenvalue weighted by Crippen LogP contribution is 2.33. The largest absolute Gasteiger partial charge is 0.493 e. The van der Waals surface area contributed by atoms with Gasteiger partial charge >= 0.3 is 0 Å².